The fraction of sp³-hybridized carbons (Fsp3) is 0.333. The normalized spacial score (nSPS) is 13.2. The molecule has 4 aromatic rings. The van der Waals surface area contributed by atoms with Crippen molar-refractivity contribution in [3.63, 3.8) is 0 Å². The van der Waals surface area contributed by atoms with Gasteiger partial charge in [0.1, 0.15) is 0 Å². The van der Waals surface area contributed by atoms with E-state index >= 15 is 0 Å². The Balaban J connectivity index is 0.000000171. The summed E-state index contributed by atoms with van der Waals surface area (Å²) in [5, 5.41) is 5.71. The predicted octanol–water partition coefficient (Wildman–Crippen LogP) is 3.83. The van der Waals surface area contributed by atoms with E-state index in [2.05, 4.69) is 56.3 Å². The van der Waals surface area contributed by atoms with Crippen molar-refractivity contribution in [1.29, 1.82) is 0 Å². The lowest BCUT2D eigenvalue weighted by Gasteiger charge is -2.12. The zero-order valence-electron chi connectivity index (χ0n) is 17.1. The second-order valence-electron chi connectivity index (χ2n) is 7.46. The zero-order valence-corrected chi connectivity index (χ0v) is 17.1. The van der Waals surface area contributed by atoms with Crippen molar-refractivity contribution < 1.29 is 0 Å². The van der Waals surface area contributed by atoms with Gasteiger partial charge in [-0.1, -0.05) is 24.3 Å². The van der Waals surface area contributed by atoms with Crippen molar-refractivity contribution >= 4 is 21.8 Å². The van der Waals surface area contributed by atoms with E-state index in [1.807, 2.05) is 25.5 Å². The molecule has 0 saturated carbocycles. The van der Waals surface area contributed by atoms with Crippen LogP contribution in [0.2, 0.25) is 0 Å². The van der Waals surface area contributed by atoms with Gasteiger partial charge in [0.05, 0.1) is 11.2 Å². The lowest BCUT2D eigenvalue weighted by Crippen LogP contribution is -2.13. The van der Waals surface area contributed by atoms with Gasteiger partial charge >= 0.3 is 0 Å². The van der Waals surface area contributed by atoms with Crippen molar-refractivity contribution in [2.45, 2.75) is 38.8 Å². The summed E-state index contributed by atoms with van der Waals surface area (Å²) in [4.78, 5) is 8.83. The molecule has 1 aliphatic carbocycles. The minimum Gasteiger partial charge on any atom is -0.338 e. The van der Waals surface area contributed by atoms with Crippen molar-refractivity contribution in [3.05, 3.63) is 71.8 Å². The summed E-state index contributed by atoms with van der Waals surface area (Å²) in [6, 6.07) is 14.8. The summed E-state index contributed by atoms with van der Waals surface area (Å²) in [7, 11) is 1.94. The molecular weight excluding hydrogens is 358 g/mol. The molecular formula is C24H29N5. The van der Waals surface area contributed by atoms with Gasteiger partial charge in [0.15, 0.2) is 0 Å². The van der Waals surface area contributed by atoms with Crippen molar-refractivity contribution in [1.82, 2.24) is 19.9 Å². The molecule has 0 atom stereocenters. The monoisotopic (exact) mass is 387 g/mol. The average Bonchev–Trinajstić information content (AvgIpc) is 3.10. The van der Waals surface area contributed by atoms with Gasteiger partial charge < -0.3 is 15.6 Å². The number of aryl methyl sites for hydroxylation is 2. The van der Waals surface area contributed by atoms with Crippen molar-refractivity contribution in [2.75, 3.05) is 13.6 Å². The van der Waals surface area contributed by atoms with Crippen molar-refractivity contribution in [3.8, 4) is 0 Å². The van der Waals surface area contributed by atoms with E-state index in [-0.39, 0.29) is 0 Å². The zero-order chi connectivity index (χ0) is 20.1. The quantitative estimate of drug-likeness (QED) is 0.558. The molecule has 3 N–H and O–H groups in total. The van der Waals surface area contributed by atoms with E-state index in [1.165, 1.54) is 58.7 Å². The van der Waals surface area contributed by atoms with Crippen LogP contribution in [-0.4, -0.2) is 28.1 Å². The largest absolute Gasteiger partial charge is 0.338 e. The Kier molecular flexibility index (Phi) is 6.17. The second kappa shape index (κ2) is 9.16. The topological polar surface area (TPSA) is 68.8 Å². The number of nitrogens with one attached hydrogen (secondary N) is 1. The second-order valence-corrected chi connectivity index (χ2v) is 7.46. The molecule has 0 bridgehead atoms. The lowest BCUT2D eigenvalue weighted by molar-refractivity contribution is 0.668. The number of fused-ring (bicyclic) bond motifs is 4. The Morgan fingerprint density at radius 3 is 2.66 bits per heavy atom. The molecule has 29 heavy (non-hydrogen) atoms. The number of nitrogens with zero attached hydrogens (tertiary/aromatic N) is 3. The number of benzene rings is 1. The Hall–Kier alpha value is -2.76. The number of hydrogen-bond donors (Lipinski definition) is 2. The lowest BCUT2D eigenvalue weighted by atomic mass is 9.96. The number of rotatable bonds is 4. The Morgan fingerprint density at radius 2 is 1.83 bits per heavy atom. The SMILES string of the molecule is CNCc1nccc2c3ccccc3n(CCN)c12.c1cnc2c(c1)CCCC2. The van der Waals surface area contributed by atoms with Gasteiger partial charge in [0.2, 0.25) is 0 Å². The minimum atomic E-state index is 0.627. The van der Waals surface area contributed by atoms with Crippen LogP contribution in [-0.2, 0) is 25.9 Å². The van der Waals surface area contributed by atoms with Gasteiger partial charge in [-0.15, -0.1) is 0 Å². The number of hydrogen-bond acceptors (Lipinski definition) is 4. The van der Waals surface area contributed by atoms with Crippen LogP contribution in [0.3, 0.4) is 0 Å². The molecule has 0 unspecified atom stereocenters. The summed E-state index contributed by atoms with van der Waals surface area (Å²) < 4.78 is 2.28. The molecule has 3 heterocycles. The van der Waals surface area contributed by atoms with Crippen LogP contribution in [0.4, 0.5) is 0 Å². The molecule has 150 valence electrons. The highest BCUT2D eigenvalue weighted by Crippen LogP contribution is 2.30. The fourth-order valence-corrected chi connectivity index (χ4v) is 4.26. The van der Waals surface area contributed by atoms with Crippen molar-refractivity contribution in [2.24, 2.45) is 5.73 Å². The molecule has 0 aliphatic heterocycles. The molecule has 0 fully saturated rings. The van der Waals surface area contributed by atoms with Gasteiger partial charge in [-0.2, -0.15) is 0 Å². The van der Waals surface area contributed by atoms with Gasteiger partial charge in [0.25, 0.3) is 0 Å². The van der Waals surface area contributed by atoms with Gasteiger partial charge in [-0.25, -0.2) is 0 Å². The number of pyridine rings is 2. The Labute approximate surface area is 172 Å². The molecule has 5 nitrogen and oxygen atoms in total. The maximum atomic E-state index is 5.77. The maximum absolute atomic E-state index is 5.77. The average molecular weight is 388 g/mol. The van der Waals surface area contributed by atoms with E-state index in [4.69, 9.17) is 5.73 Å². The highest BCUT2D eigenvalue weighted by Gasteiger charge is 2.13. The molecule has 0 amide bonds. The van der Waals surface area contributed by atoms with Crippen LogP contribution in [0.5, 0.6) is 0 Å². The van der Waals surface area contributed by atoms with E-state index < -0.39 is 0 Å². The van der Waals surface area contributed by atoms with E-state index in [9.17, 15) is 0 Å². The molecule has 0 spiro atoms. The minimum absolute atomic E-state index is 0.627. The Morgan fingerprint density at radius 1 is 0.966 bits per heavy atom. The summed E-state index contributed by atoms with van der Waals surface area (Å²) in [5.74, 6) is 0. The first kappa shape index (κ1) is 19.6. The van der Waals surface area contributed by atoms with Crippen LogP contribution in [0.15, 0.2) is 54.9 Å². The van der Waals surface area contributed by atoms with Crippen LogP contribution in [0.25, 0.3) is 21.8 Å². The van der Waals surface area contributed by atoms with E-state index in [0.717, 1.165) is 18.8 Å². The fourth-order valence-electron chi connectivity index (χ4n) is 4.26. The molecule has 1 aliphatic rings. The standard InChI is InChI=1S/C15H18N4.C9H11N/c1-17-10-13-15-12(6-8-18-13)11-4-2-3-5-14(11)19(15)9-7-16;1-2-6-9-8(4-1)5-3-7-10-9/h2-6,8,17H,7,9-10,16H2,1H3;3,5,7H,1-2,4,6H2. The van der Waals surface area contributed by atoms with E-state index in [0.29, 0.717) is 6.54 Å². The first-order chi connectivity index (χ1) is 14.3. The number of nitrogens with two attached hydrogens (primary N) is 1. The first-order valence-corrected chi connectivity index (χ1v) is 10.5. The molecule has 5 heteroatoms. The van der Waals surface area contributed by atoms with Crippen LogP contribution in [0, 0.1) is 0 Å². The molecule has 0 saturated heterocycles. The number of aromatic nitrogens is 3. The first-order valence-electron chi connectivity index (χ1n) is 10.5. The summed E-state index contributed by atoms with van der Waals surface area (Å²) in [5.41, 5.74) is 12.1. The van der Waals surface area contributed by atoms with Crippen LogP contribution >= 0.6 is 0 Å². The maximum Gasteiger partial charge on any atom is 0.0784 e. The molecule has 0 radical (unpaired) electrons. The van der Waals surface area contributed by atoms with Gasteiger partial charge in [0, 0.05) is 54.0 Å². The molecule has 1 aromatic carbocycles. The van der Waals surface area contributed by atoms with Gasteiger partial charge in [-0.05, 0) is 56.5 Å². The highest BCUT2D eigenvalue weighted by molar-refractivity contribution is 6.08. The third-order valence-corrected chi connectivity index (χ3v) is 5.55. The predicted molar refractivity (Wildman–Crippen MR) is 120 cm³/mol. The summed E-state index contributed by atoms with van der Waals surface area (Å²) in [6.07, 6.45) is 8.88. The van der Waals surface area contributed by atoms with Crippen LogP contribution in [0.1, 0.15) is 29.8 Å². The third kappa shape index (κ3) is 4.02. The smallest absolute Gasteiger partial charge is 0.0784 e. The van der Waals surface area contributed by atoms with E-state index in [1.54, 1.807) is 0 Å². The van der Waals surface area contributed by atoms with Gasteiger partial charge in [-0.3, -0.25) is 9.97 Å². The Bertz CT molecular complexity index is 1070. The number of para-hydroxylation sites is 1. The third-order valence-electron chi connectivity index (χ3n) is 5.55. The molecule has 5 rings (SSSR count). The summed E-state index contributed by atoms with van der Waals surface area (Å²) >= 11 is 0. The molecule has 3 aromatic heterocycles. The highest BCUT2D eigenvalue weighted by atomic mass is 15.0. The van der Waals surface area contributed by atoms with Crippen LogP contribution < -0.4 is 11.1 Å². The summed E-state index contributed by atoms with van der Waals surface area (Å²) in [6.45, 7) is 2.20.